The third-order valence-corrected chi connectivity index (χ3v) is 10.8. The minimum Gasteiger partial charge on any atom is -0.747 e. The number of methoxy groups -OCH3 is 1. The maximum absolute atomic E-state index is 11.8. The molecule has 0 spiro atoms. The highest BCUT2D eigenvalue weighted by Gasteiger charge is 2.54. The third kappa shape index (κ3) is 6.97. The number of aromatic nitrogens is 1. The summed E-state index contributed by atoms with van der Waals surface area (Å²) < 4.78 is 38.4. The highest BCUT2D eigenvalue weighted by Crippen LogP contribution is 2.48. The van der Waals surface area contributed by atoms with Crippen molar-refractivity contribution in [2.45, 2.75) is 43.7 Å². The number of fused-ring (bicyclic) bond motifs is 4. The molecule has 6 atom stereocenters. The minimum atomic E-state index is -4.47. The van der Waals surface area contributed by atoms with Crippen molar-refractivity contribution in [3.8, 4) is 5.75 Å². The molecule has 1 N–H and O–H groups in total. The van der Waals surface area contributed by atoms with Gasteiger partial charge in [0.1, 0.15) is 34.6 Å². The molecule has 3 fully saturated rings. The second-order valence-corrected chi connectivity index (χ2v) is 13.9. The van der Waals surface area contributed by atoms with Gasteiger partial charge in [-0.1, -0.05) is 48.5 Å². The van der Waals surface area contributed by atoms with Crippen molar-refractivity contribution >= 4 is 26.7 Å². The number of rotatable bonds is 9. The van der Waals surface area contributed by atoms with Crippen LogP contribution >= 0.6 is 0 Å². The van der Waals surface area contributed by atoms with E-state index in [-0.39, 0.29) is 17.3 Å². The van der Waals surface area contributed by atoms with Gasteiger partial charge >= 0.3 is 0 Å². The average molecular weight is 646 g/mol. The van der Waals surface area contributed by atoms with E-state index in [0.29, 0.717) is 11.8 Å². The van der Waals surface area contributed by atoms with E-state index in [4.69, 9.17) is 4.74 Å². The molecule has 3 saturated heterocycles. The molecule has 0 radical (unpaired) electrons. The Morgan fingerprint density at radius 3 is 2.57 bits per heavy atom. The van der Waals surface area contributed by atoms with Gasteiger partial charge in [-0.15, -0.1) is 6.58 Å². The van der Waals surface area contributed by atoms with Crippen LogP contribution in [-0.2, 0) is 16.7 Å². The first-order chi connectivity index (χ1) is 22.0. The van der Waals surface area contributed by atoms with Crippen LogP contribution in [0.25, 0.3) is 10.9 Å². The summed E-state index contributed by atoms with van der Waals surface area (Å²) in [6.07, 6.45) is 5.65. The highest BCUT2D eigenvalue weighted by molar-refractivity contribution is 7.85. The molecule has 4 aromatic rings. The maximum atomic E-state index is 11.8. The number of quaternary nitrogens is 1. The summed E-state index contributed by atoms with van der Waals surface area (Å²) in [6, 6.07) is 23.8. The number of aliphatic hydroxyl groups is 1. The Kier molecular flexibility index (Phi) is 9.88. The number of non-ortho nitro benzene ring substituents is 1. The molecule has 0 saturated carbocycles. The molecule has 4 heterocycles. The number of nitro groups is 1. The van der Waals surface area contributed by atoms with E-state index in [2.05, 4.69) is 48.0 Å². The van der Waals surface area contributed by atoms with Crippen molar-refractivity contribution in [1.82, 2.24) is 4.98 Å². The maximum Gasteiger partial charge on any atom is 0.269 e. The van der Waals surface area contributed by atoms with Crippen molar-refractivity contribution in [3.63, 3.8) is 0 Å². The van der Waals surface area contributed by atoms with Gasteiger partial charge in [-0.3, -0.25) is 15.1 Å². The summed E-state index contributed by atoms with van der Waals surface area (Å²) >= 11 is 0. The largest absolute Gasteiger partial charge is 0.747 e. The number of hydrogen-bond acceptors (Lipinski definition) is 8. The number of pyridine rings is 1. The number of benzene rings is 3. The van der Waals surface area contributed by atoms with Gasteiger partial charge in [0.05, 0.1) is 35.9 Å². The van der Waals surface area contributed by atoms with Crippen LogP contribution in [0.4, 0.5) is 5.69 Å². The van der Waals surface area contributed by atoms with Crippen molar-refractivity contribution in [3.05, 3.63) is 125 Å². The fraction of sp³-hybridized carbons (Fsp3) is 0.343. The molecule has 46 heavy (non-hydrogen) atoms. The Morgan fingerprint density at radius 2 is 1.89 bits per heavy atom. The second kappa shape index (κ2) is 13.7. The van der Waals surface area contributed by atoms with E-state index >= 15 is 0 Å². The number of hydrogen-bond donors (Lipinski definition) is 1. The Labute approximate surface area is 269 Å². The van der Waals surface area contributed by atoms with Crippen LogP contribution in [0.3, 0.4) is 0 Å². The Morgan fingerprint density at radius 1 is 1.13 bits per heavy atom. The van der Waals surface area contributed by atoms with Crippen LogP contribution < -0.4 is 4.74 Å². The van der Waals surface area contributed by atoms with Crippen LogP contribution in [0.5, 0.6) is 5.75 Å². The fourth-order valence-corrected chi connectivity index (χ4v) is 7.60. The number of nitrogens with zero attached hydrogens (tertiary/aromatic N) is 3. The molecule has 0 amide bonds. The lowest BCUT2D eigenvalue weighted by Gasteiger charge is -2.58. The van der Waals surface area contributed by atoms with Crippen molar-refractivity contribution in [1.29, 1.82) is 0 Å². The van der Waals surface area contributed by atoms with Gasteiger partial charge in [0.25, 0.3) is 5.69 Å². The van der Waals surface area contributed by atoms with Crippen molar-refractivity contribution < 1.29 is 32.2 Å². The summed E-state index contributed by atoms with van der Waals surface area (Å²) in [5, 5.41) is 21.9. The second-order valence-electron chi connectivity index (χ2n) is 12.2. The Hall–Kier alpha value is -4.16. The molecular formula is C35H39N3O7S. The number of aliphatic hydroxyl groups excluding tert-OH is 1. The van der Waals surface area contributed by atoms with E-state index in [1.807, 2.05) is 30.5 Å². The quantitative estimate of drug-likeness (QED) is 0.0758. The number of ether oxygens (including phenoxy) is 1. The molecule has 2 unspecified atom stereocenters. The van der Waals surface area contributed by atoms with Crippen LogP contribution in [-0.4, -0.2) is 58.7 Å². The van der Waals surface area contributed by atoms with E-state index in [0.717, 1.165) is 58.8 Å². The third-order valence-electron chi connectivity index (χ3n) is 9.66. The SMILES string of the molecule is C=C[C@H]1C[N+]2(Cc3ccccc3)CC[C@H]1C[C@H]2[C@H](O)c1ccnc2ccc(OC)cc12.CC(c1cccc([N+](=O)[O-])c1)S(=O)(=O)[O-]. The fourth-order valence-electron chi connectivity index (χ4n) is 7.12. The summed E-state index contributed by atoms with van der Waals surface area (Å²) in [6.45, 7) is 8.44. The molecule has 0 aliphatic carbocycles. The highest BCUT2D eigenvalue weighted by atomic mass is 32.2. The number of piperidine rings is 3. The van der Waals surface area contributed by atoms with E-state index in [9.17, 15) is 28.2 Å². The normalized spacial score (nSPS) is 23.5. The summed E-state index contributed by atoms with van der Waals surface area (Å²) in [4.78, 5) is 14.3. The first-order valence-corrected chi connectivity index (χ1v) is 16.7. The topological polar surface area (TPSA) is 143 Å². The van der Waals surface area contributed by atoms with Gasteiger partial charge in [0.2, 0.25) is 0 Å². The number of nitro benzene ring substituents is 1. The monoisotopic (exact) mass is 645 g/mol. The molecule has 3 aliphatic rings. The van der Waals surface area contributed by atoms with Crippen LogP contribution in [0.1, 0.15) is 47.8 Å². The lowest BCUT2D eigenvalue weighted by molar-refractivity contribution is -0.984. The van der Waals surface area contributed by atoms with Gasteiger partial charge in [-0.05, 0) is 48.2 Å². The first-order valence-electron chi connectivity index (χ1n) is 15.3. The molecule has 11 heteroatoms. The molecule has 2 bridgehead atoms. The lowest BCUT2D eigenvalue weighted by Crippen LogP contribution is -2.67. The molecule has 1 aromatic heterocycles. The average Bonchev–Trinajstić information content (AvgIpc) is 3.07. The summed E-state index contributed by atoms with van der Waals surface area (Å²) in [5.41, 5.74) is 3.08. The van der Waals surface area contributed by atoms with Gasteiger partial charge < -0.3 is 18.9 Å². The Bertz CT molecular complexity index is 1820. The van der Waals surface area contributed by atoms with E-state index in [1.165, 1.54) is 37.1 Å². The molecular weight excluding hydrogens is 606 g/mol. The predicted molar refractivity (Wildman–Crippen MR) is 175 cm³/mol. The van der Waals surface area contributed by atoms with Crippen LogP contribution in [0, 0.1) is 22.0 Å². The van der Waals surface area contributed by atoms with E-state index < -0.39 is 26.4 Å². The predicted octanol–water partition coefficient (Wildman–Crippen LogP) is 6.09. The zero-order valence-corrected chi connectivity index (χ0v) is 26.8. The molecule has 10 nitrogen and oxygen atoms in total. The zero-order valence-electron chi connectivity index (χ0n) is 25.9. The molecule has 3 aliphatic heterocycles. The van der Waals surface area contributed by atoms with Gasteiger partial charge in [-0.25, -0.2) is 8.42 Å². The standard InChI is InChI=1S/C27H31N2O2.C8H9NO5S/c1-3-20-18-29(17-19-7-5-4-6-8-19)14-12-21(20)15-26(29)27(30)23-11-13-28-25-10-9-22(31-2)16-24(23)25;1-6(15(12,13)14)7-3-2-4-8(5-7)9(10)11/h3-11,13,16,20-21,26-27,30H,1,12,14-15,17-18H2,2H3;2-6H,1H3,(H,12,13,14)/q+1;/p-1/t20-,21-,26-,27+,29?;/m0./s1. The lowest BCUT2D eigenvalue weighted by atomic mass is 9.71. The van der Waals surface area contributed by atoms with Crippen molar-refractivity contribution in [2.24, 2.45) is 11.8 Å². The van der Waals surface area contributed by atoms with E-state index in [1.54, 1.807) is 7.11 Å². The summed E-state index contributed by atoms with van der Waals surface area (Å²) in [5.74, 6) is 1.92. The van der Waals surface area contributed by atoms with Gasteiger partial charge in [0.15, 0.2) is 0 Å². The van der Waals surface area contributed by atoms with Crippen LogP contribution in [0.2, 0.25) is 0 Å². The van der Waals surface area contributed by atoms with Crippen LogP contribution in [0.15, 0.2) is 97.7 Å². The van der Waals surface area contributed by atoms with Gasteiger partial charge in [0, 0.05) is 48.0 Å². The molecule has 3 aromatic carbocycles. The minimum absolute atomic E-state index is 0.124. The zero-order chi connectivity index (χ0) is 33.1. The summed E-state index contributed by atoms with van der Waals surface area (Å²) in [7, 11) is -2.80. The first kappa shape index (κ1) is 33.2. The van der Waals surface area contributed by atoms with Gasteiger partial charge in [-0.2, -0.15) is 0 Å². The van der Waals surface area contributed by atoms with Crippen molar-refractivity contribution in [2.75, 3.05) is 20.2 Å². The molecule has 7 rings (SSSR count). The smallest absolute Gasteiger partial charge is 0.269 e. The Balaban J connectivity index is 0.000000235. The molecule has 242 valence electrons.